The Balaban J connectivity index is 1.58. The van der Waals surface area contributed by atoms with Crippen molar-refractivity contribution >= 4 is 17.4 Å². The quantitative estimate of drug-likeness (QED) is 0.707. The van der Waals surface area contributed by atoms with Crippen LogP contribution < -0.4 is 5.32 Å². The monoisotopic (exact) mass is 346 g/mol. The van der Waals surface area contributed by atoms with Crippen LogP contribution in [-0.4, -0.2) is 17.9 Å². The van der Waals surface area contributed by atoms with E-state index < -0.39 is 0 Å². The van der Waals surface area contributed by atoms with E-state index in [1.165, 1.54) is 57.2 Å². The minimum absolute atomic E-state index is 0.402. The van der Waals surface area contributed by atoms with Gasteiger partial charge in [0.2, 0.25) is 0 Å². The molecule has 1 heterocycles. The van der Waals surface area contributed by atoms with Crippen molar-refractivity contribution in [3.05, 3.63) is 23.3 Å². The van der Waals surface area contributed by atoms with E-state index in [-0.39, 0.29) is 0 Å². The number of rotatable bonds is 2. The summed E-state index contributed by atoms with van der Waals surface area (Å²) >= 11 is 6.11. The Kier molecular flexibility index (Phi) is 5.03. The summed E-state index contributed by atoms with van der Waals surface area (Å²) in [5, 5.41) is 4.72. The van der Waals surface area contributed by atoms with Gasteiger partial charge in [-0.25, -0.2) is 0 Å². The standard InChI is InChI=1S/C21H31ClN2/c1-14-5-4-6-16(13-14)20-18-7-2-3-8-19(18)23-21(24-20)15-9-11-17(22)12-10-15/h9,11-12,14-16,18-20H,2-8,10,13H2,1H3,(H,23,24). The molecule has 0 bridgehead atoms. The van der Waals surface area contributed by atoms with E-state index in [2.05, 4.69) is 24.4 Å². The second-order valence-electron chi connectivity index (χ2n) is 8.53. The Morgan fingerprint density at radius 1 is 1.12 bits per heavy atom. The number of hydrogen-bond acceptors (Lipinski definition) is 2. The highest BCUT2D eigenvalue weighted by Gasteiger charge is 2.41. The third kappa shape index (κ3) is 3.45. The maximum atomic E-state index is 6.11. The summed E-state index contributed by atoms with van der Waals surface area (Å²) in [6.07, 6.45) is 18.5. The summed E-state index contributed by atoms with van der Waals surface area (Å²) < 4.78 is 0. The first-order valence-electron chi connectivity index (χ1n) is 10.1. The lowest BCUT2D eigenvalue weighted by atomic mass is 9.69. The maximum Gasteiger partial charge on any atom is 0.104 e. The fourth-order valence-electron chi connectivity index (χ4n) is 5.48. The van der Waals surface area contributed by atoms with Gasteiger partial charge in [-0.1, -0.05) is 56.4 Å². The fourth-order valence-corrected chi connectivity index (χ4v) is 5.64. The van der Waals surface area contributed by atoms with Gasteiger partial charge in [0.15, 0.2) is 0 Å². The first kappa shape index (κ1) is 16.7. The summed E-state index contributed by atoms with van der Waals surface area (Å²) in [4.78, 5) is 5.35. The molecule has 6 atom stereocenters. The van der Waals surface area contributed by atoms with Crippen molar-refractivity contribution in [1.82, 2.24) is 5.32 Å². The van der Waals surface area contributed by atoms with E-state index in [9.17, 15) is 0 Å². The SMILES string of the molecule is CC1CCCC(C2N=C(C3C=CC(Cl)=CC3)NC3CCCCC32)C1. The maximum absolute atomic E-state index is 6.11. The highest BCUT2D eigenvalue weighted by atomic mass is 35.5. The van der Waals surface area contributed by atoms with Gasteiger partial charge in [0.25, 0.3) is 0 Å². The number of halogens is 1. The van der Waals surface area contributed by atoms with Gasteiger partial charge < -0.3 is 5.32 Å². The number of nitrogens with zero attached hydrogens (tertiary/aromatic N) is 1. The predicted octanol–water partition coefficient (Wildman–Crippen LogP) is 5.44. The van der Waals surface area contributed by atoms with E-state index in [1.54, 1.807) is 0 Å². The van der Waals surface area contributed by atoms with Crippen LogP contribution in [0.5, 0.6) is 0 Å². The summed E-state index contributed by atoms with van der Waals surface area (Å²) in [6.45, 7) is 2.44. The van der Waals surface area contributed by atoms with Crippen LogP contribution in [-0.2, 0) is 0 Å². The van der Waals surface area contributed by atoms with Gasteiger partial charge >= 0.3 is 0 Å². The van der Waals surface area contributed by atoms with Crippen molar-refractivity contribution in [2.24, 2.45) is 28.7 Å². The lowest BCUT2D eigenvalue weighted by Crippen LogP contribution is -2.54. The second kappa shape index (κ2) is 7.23. The van der Waals surface area contributed by atoms with Crippen LogP contribution in [0.1, 0.15) is 64.7 Å². The molecule has 0 aromatic heterocycles. The van der Waals surface area contributed by atoms with Crippen molar-refractivity contribution in [1.29, 1.82) is 0 Å². The molecule has 0 aromatic carbocycles. The molecule has 2 fully saturated rings. The average molecular weight is 347 g/mol. The van der Waals surface area contributed by atoms with Gasteiger partial charge in [0.05, 0.1) is 6.04 Å². The molecular formula is C21H31ClN2. The summed E-state index contributed by atoms with van der Waals surface area (Å²) in [5.41, 5.74) is 0. The van der Waals surface area contributed by atoms with Crippen molar-refractivity contribution < 1.29 is 0 Å². The fraction of sp³-hybridized carbons (Fsp3) is 0.762. The Labute approximate surface area is 151 Å². The van der Waals surface area contributed by atoms with Crippen molar-refractivity contribution in [2.45, 2.75) is 76.8 Å². The van der Waals surface area contributed by atoms with Crippen LogP contribution in [0.15, 0.2) is 28.3 Å². The van der Waals surface area contributed by atoms with E-state index in [0.29, 0.717) is 18.0 Å². The second-order valence-corrected chi connectivity index (χ2v) is 8.96. The third-order valence-corrected chi connectivity index (χ3v) is 7.03. The van der Waals surface area contributed by atoms with Gasteiger partial charge in [-0.2, -0.15) is 0 Å². The van der Waals surface area contributed by atoms with E-state index >= 15 is 0 Å². The van der Waals surface area contributed by atoms with Gasteiger partial charge in [0, 0.05) is 22.9 Å². The lowest BCUT2D eigenvalue weighted by molar-refractivity contribution is 0.147. The number of nitrogens with one attached hydrogen (secondary N) is 1. The lowest BCUT2D eigenvalue weighted by Gasteiger charge is -2.46. The van der Waals surface area contributed by atoms with Gasteiger partial charge in [0.1, 0.15) is 5.84 Å². The molecule has 2 saturated carbocycles. The van der Waals surface area contributed by atoms with E-state index in [0.717, 1.165) is 29.2 Å². The highest BCUT2D eigenvalue weighted by Crippen LogP contribution is 2.41. The highest BCUT2D eigenvalue weighted by molar-refractivity contribution is 6.31. The molecule has 1 N–H and O–H groups in total. The molecule has 3 heteroatoms. The summed E-state index contributed by atoms with van der Waals surface area (Å²) in [7, 11) is 0. The number of fused-ring (bicyclic) bond motifs is 1. The molecule has 0 spiro atoms. The molecule has 24 heavy (non-hydrogen) atoms. The average Bonchev–Trinajstić information content (AvgIpc) is 2.61. The summed E-state index contributed by atoms with van der Waals surface area (Å²) in [5.74, 6) is 4.11. The van der Waals surface area contributed by atoms with Gasteiger partial charge in [-0.3, -0.25) is 4.99 Å². The number of hydrogen-bond donors (Lipinski definition) is 1. The minimum atomic E-state index is 0.402. The summed E-state index contributed by atoms with van der Waals surface area (Å²) in [6, 6.07) is 1.22. The topological polar surface area (TPSA) is 24.4 Å². The zero-order chi connectivity index (χ0) is 16.5. The van der Waals surface area contributed by atoms with Crippen LogP contribution in [0.25, 0.3) is 0 Å². The van der Waals surface area contributed by atoms with Crippen LogP contribution in [0, 0.1) is 23.7 Å². The van der Waals surface area contributed by atoms with Crippen molar-refractivity contribution in [3.8, 4) is 0 Å². The molecule has 0 saturated heterocycles. The Morgan fingerprint density at radius 3 is 2.79 bits per heavy atom. The zero-order valence-corrected chi connectivity index (χ0v) is 15.6. The zero-order valence-electron chi connectivity index (χ0n) is 14.9. The number of amidine groups is 1. The normalized spacial score (nSPS) is 42.6. The molecule has 0 aromatic rings. The van der Waals surface area contributed by atoms with Gasteiger partial charge in [-0.15, -0.1) is 0 Å². The van der Waals surface area contributed by atoms with Crippen LogP contribution in [0.4, 0.5) is 0 Å². The Bertz CT molecular complexity index is 550. The van der Waals surface area contributed by atoms with Gasteiger partial charge in [-0.05, 0) is 50.0 Å². The van der Waals surface area contributed by atoms with Crippen molar-refractivity contribution in [2.75, 3.05) is 0 Å². The van der Waals surface area contributed by atoms with E-state index in [4.69, 9.17) is 16.6 Å². The molecule has 1 aliphatic heterocycles. The molecule has 6 unspecified atom stereocenters. The molecule has 132 valence electrons. The smallest absolute Gasteiger partial charge is 0.104 e. The third-order valence-electron chi connectivity index (χ3n) is 6.75. The van der Waals surface area contributed by atoms with Crippen molar-refractivity contribution in [3.63, 3.8) is 0 Å². The van der Waals surface area contributed by atoms with Crippen LogP contribution >= 0.6 is 11.6 Å². The molecule has 0 radical (unpaired) electrons. The predicted molar refractivity (Wildman–Crippen MR) is 102 cm³/mol. The number of allylic oxidation sites excluding steroid dienone is 3. The van der Waals surface area contributed by atoms with Crippen LogP contribution in [0.3, 0.4) is 0 Å². The Morgan fingerprint density at radius 2 is 2.00 bits per heavy atom. The molecule has 3 aliphatic carbocycles. The molecular weight excluding hydrogens is 316 g/mol. The number of aliphatic imine (C=N–C) groups is 1. The largest absolute Gasteiger partial charge is 0.370 e. The first-order valence-corrected chi connectivity index (χ1v) is 10.5. The first-order chi connectivity index (χ1) is 11.7. The Hall–Kier alpha value is -0.760. The molecule has 4 aliphatic rings. The minimum Gasteiger partial charge on any atom is -0.370 e. The molecule has 4 rings (SSSR count). The molecule has 2 nitrogen and oxygen atoms in total. The van der Waals surface area contributed by atoms with E-state index in [1.807, 2.05) is 6.08 Å². The molecule has 0 amide bonds. The van der Waals surface area contributed by atoms with Crippen LogP contribution in [0.2, 0.25) is 0 Å².